The van der Waals surface area contributed by atoms with Crippen LogP contribution < -0.4 is 27.4 Å². The van der Waals surface area contributed by atoms with Crippen LogP contribution in [-0.2, 0) is 19.2 Å². The summed E-state index contributed by atoms with van der Waals surface area (Å²) in [6, 6.07) is 3.67. The number of aromatic nitrogens is 1. The summed E-state index contributed by atoms with van der Waals surface area (Å²) < 4.78 is 0. The summed E-state index contributed by atoms with van der Waals surface area (Å²) in [7, 11) is 0. The molecule has 4 unspecified atom stereocenters. The highest BCUT2D eigenvalue weighted by molar-refractivity contribution is 5.92. The van der Waals surface area contributed by atoms with Crippen LogP contribution in [0, 0.1) is 5.41 Å². The Morgan fingerprint density at radius 1 is 1.18 bits per heavy atom. The maximum absolute atomic E-state index is 12.9. The number of amides is 3. The van der Waals surface area contributed by atoms with Crippen LogP contribution in [0.25, 0.3) is 10.9 Å². The third-order valence-electron chi connectivity index (χ3n) is 6.62. The van der Waals surface area contributed by atoms with Gasteiger partial charge in [0.15, 0.2) is 12.0 Å². The quantitative estimate of drug-likeness (QED) is 0.0637. The van der Waals surface area contributed by atoms with Crippen LogP contribution in [0.1, 0.15) is 37.8 Å². The molecular weight excluding hydrogens is 520 g/mol. The van der Waals surface area contributed by atoms with Gasteiger partial charge in [0.05, 0.1) is 6.10 Å². The van der Waals surface area contributed by atoms with Crippen LogP contribution in [0.2, 0.25) is 0 Å². The number of hydrogen-bond acceptors (Lipinski definition) is 7. The van der Waals surface area contributed by atoms with Gasteiger partial charge in [-0.1, -0.05) is 29.8 Å². The van der Waals surface area contributed by atoms with Crippen molar-refractivity contribution in [1.82, 2.24) is 25.8 Å². The van der Waals surface area contributed by atoms with Gasteiger partial charge in [0.1, 0.15) is 12.1 Å². The van der Waals surface area contributed by atoms with Gasteiger partial charge in [-0.05, 0) is 25.8 Å². The Balaban J connectivity index is 1.54. The fourth-order valence-electron chi connectivity index (χ4n) is 4.33. The minimum Gasteiger partial charge on any atom is -0.479 e. The van der Waals surface area contributed by atoms with Crippen molar-refractivity contribution in [1.29, 1.82) is 5.41 Å². The molecule has 0 aliphatic carbocycles. The molecule has 216 valence electrons. The SMILES string of the molecule is CC(O)C(N)C(=O)NC(CC1=CCN(C(=N)N)C1)C(=O)NCCCC(=O)NC(C(=O)O)c1c[nH]c2ccccc12. The standard InChI is InChI=1S/C26H36N8O6/c1-14(35)21(27)24(38)32-19(11-15-8-10-34(13-15)26(28)29)23(37)30-9-4-7-20(36)33-22(25(39)40)17-12-31-18-6-3-2-5-16(17)18/h2-3,5-6,8,12,14,19,21-22,31,35H,4,7,9-11,13,27H2,1H3,(H3,28,29)(H,30,37)(H,32,38)(H,33,36)(H,39,40). The molecular formula is C26H36N8O6. The Kier molecular flexibility index (Phi) is 10.2. The second kappa shape index (κ2) is 13.6. The van der Waals surface area contributed by atoms with Crippen LogP contribution >= 0.6 is 0 Å². The van der Waals surface area contributed by atoms with E-state index in [1.807, 2.05) is 12.1 Å². The molecule has 0 saturated carbocycles. The van der Waals surface area contributed by atoms with E-state index in [2.05, 4.69) is 20.9 Å². The molecule has 1 aliphatic heterocycles. The number of hydrogen-bond donors (Lipinski definition) is 9. The molecule has 1 aliphatic rings. The third kappa shape index (κ3) is 7.80. The summed E-state index contributed by atoms with van der Waals surface area (Å²) in [5, 5.41) is 35.4. The number of guanidine groups is 1. The fourth-order valence-corrected chi connectivity index (χ4v) is 4.33. The largest absolute Gasteiger partial charge is 0.479 e. The van der Waals surface area contributed by atoms with Gasteiger partial charge in [0, 0.05) is 48.7 Å². The molecule has 40 heavy (non-hydrogen) atoms. The van der Waals surface area contributed by atoms with E-state index < -0.39 is 47.9 Å². The van der Waals surface area contributed by atoms with Crippen molar-refractivity contribution in [2.75, 3.05) is 19.6 Å². The molecule has 1 aromatic carbocycles. The highest BCUT2D eigenvalue weighted by Crippen LogP contribution is 2.24. The number of carboxylic acid groups (broad SMARTS) is 1. The molecule has 0 saturated heterocycles. The van der Waals surface area contributed by atoms with E-state index >= 15 is 0 Å². The summed E-state index contributed by atoms with van der Waals surface area (Å²) in [6.45, 7) is 2.19. The smallest absolute Gasteiger partial charge is 0.330 e. The van der Waals surface area contributed by atoms with Crippen LogP contribution in [0.15, 0.2) is 42.1 Å². The van der Waals surface area contributed by atoms with E-state index in [1.54, 1.807) is 29.3 Å². The van der Waals surface area contributed by atoms with Crippen molar-refractivity contribution in [3.63, 3.8) is 0 Å². The van der Waals surface area contributed by atoms with Crippen molar-refractivity contribution in [2.24, 2.45) is 11.5 Å². The number of nitrogens with one attached hydrogen (secondary N) is 5. The molecule has 1 aromatic heterocycles. The second-order valence-electron chi connectivity index (χ2n) is 9.68. The predicted molar refractivity (Wildman–Crippen MR) is 147 cm³/mol. The topological polar surface area (TPSA) is 240 Å². The number of aliphatic carboxylic acids is 1. The van der Waals surface area contributed by atoms with Crippen molar-refractivity contribution in [3.8, 4) is 0 Å². The maximum Gasteiger partial charge on any atom is 0.330 e. The van der Waals surface area contributed by atoms with Gasteiger partial charge in [-0.2, -0.15) is 0 Å². The Labute approximate surface area is 230 Å². The molecule has 3 amide bonds. The van der Waals surface area contributed by atoms with E-state index in [1.165, 1.54) is 6.92 Å². The summed E-state index contributed by atoms with van der Waals surface area (Å²) in [5.41, 5.74) is 13.2. The first kappa shape index (κ1) is 30.1. The van der Waals surface area contributed by atoms with Gasteiger partial charge >= 0.3 is 5.97 Å². The molecule has 0 fully saturated rings. The number of carboxylic acids is 1. The summed E-state index contributed by atoms with van der Waals surface area (Å²) >= 11 is 0. The number of fused-ring (bicyclic) bond motifs is 1. The van der Waals surface area contributed by atoms with Crippen LogP contribution in [0.5, 0.6) is 0 Å². The minimum absolute atomic E-state index is 0.0466. The van der Waals surface area contributed by atoms with E-state index in [9.17, 15) is 29.4 Å². The average Bonchev–Trinajstić information content (AvgIpc) is 3.56. The van der Waals surface area contributed by atoms with E-state index in [0.29, 0.717) is 24.0 Å². The zero-order valence-corrected chi connectivity index (χ0v) is 22.1. The molecule has 4 atom stereocenters. The first-order valence-electron chi connectivity index (χ1n) is 12.8. The molecule has 14 heteroatoms. The van der Waals surface area contributed by atoms with Gasteiger partial charge in [-0.15, -0.1) is 0 Å². The Morgan fingerprint density at radius 3 is 2.55 bits per heavy atom. The highest BCUT2D eigenvalue weighted by atomic mass is 16.4. The van der Waals surface area contributed by atoms with Crippen molar-refractivity contribution < 1.29 is 29.4 Å². The number of nitrogens with two attached hydrogens (primary N) is 2. The van der Waals surface area contributed by atoms with Crippen LogP contribution in [0.3, 0.4) is 0 Å². The maximum atomic E-state index is 12.9. The fraction of sp³-hybridized carbons (Fsp3) is 0.423. The monoisotopic (exact) mass is 556 g/mol. The average molecular weight is 557 g/mol. The van der Waals surface area contributed by atoms with E-state index in [-0.39, 0.29) is 31.8 Å². The molecule has 11 N–H and O–H groups in total. The third-order valence-corrected chi connectivity index (χ3v) is 6.62. The molecule has 14 nitrogen and oxygen atoms in total. The lowest BCUT2D eigenvalue weighted by atomic mass is 10.0. The van der Waals surface area contributed by atoms with Crippen LogP contribution in [0.4, 0.5) is 0 Å². The zero-order chi connectivity index (χ0) is 29.4. The summed E-state index contributed by atoms with van der Waals surface area (Å²) in [6.07, 6.45) is 2.55. The van der Waals surface area contributed by atoms with Crippen molar-refractivity contribution >= 4 is 40.6 Å². The number of H-pyrrole nitrogens is 1. The second-order valence-corrected chi connectivity index (χ2v) is 9.68. The molecule has 0 spiro atoms. The number of benzene rings is 1. The number of carbonyl (C=O) groups is 4. The summed E-state index contributed by atoms with van der Waals surface area (Å²) in [4.78, 5) is 54.4. The Morgan fingerprint density at radius 2 is 1.90 bits per heavy atom. The normalized spacial score (nSPS) is 16.0. The number of rotatable bonds is 13. The lowest BCUT2D eigenvalue weighted by molar-refractivity contribution is -0.142. The number of aliphatic hydroxyl groups is 1. The first-order valence-corrected chi connectivity index (χ1v) is 12.8. The van der Waals surface area contributed by atoms with E-state index in [0.717, 1.165) is 11.1 Å². The number of aromatic amines is 1. The highest BCUT2D eigenvalue weighted by Gasteiger charge is 2.29. The predicted octanol–water partition coefficient (Wildman–Crippen LogP) is -0.975. The first-order chi connectivity index (χ1) is 19.0. The lowest BCUT2D eigenvalue weighted by Gasteiger charge is -2.23. The summed E-state index contributed by atoms with van der Waals surface area (Å²) in [5.74, 6) is -3.03. The molecule has 0 bridgehead atoms. The molecule has 2 heterocycles. The Hall–Kier alpha value is -4.43. The molecule has 0 radical (unpaired) electrons. The van der Waals surface area contributed by atoms with Crippen LogP contribution in [-0.4, -0.2) is 87.6 Å². The van der Waals surface area contributed by atoms with Gasteiger partial charge < -0.3 is 47.5 Å². The number of aliphatic hydroxyl groups excluding tert-OH is 1. The minimum atomic E-state index is -1.25. The van der Waals surface area contributed by atoms with Crippen molar-refractivity contribution in [3.05, 3.63) is 47.7 Å². The molecule has 3 rings (SSSR count). The van der Waals surface area contributed by atoms with Gasteiger partial charge in [0.2, 0.25) is 17.7 Å². The molecule has 2 aromatic rings. The number of nitrogens with zero attached hydrogens (tertiary/aromatic N) is 1. The lowest BCUT2D eigenvalue weighted by Crippen LogP contribution is -2.54. The Bertz CT molecular complexity index is 1290. The number of carbonyl (C=O) groups excluding carboxylic acids is 3. The number of para-hydroxylation sites is 1. The zero-order valence-electron chi connectivity index (χ0n) is 22.1. The van der Waals surface area contributed by atoms with Gasteiger partial charge in [-0.3, -0.25) is 19.8 Å². The van der Waals surface area contributed by atoms with Gasteiger partial charge in [-0.25, -0.2) is 4.79 Å². The van der Waals surface area contributed by atoms with Gasteiger partial charge in [0.25, 0.3) is 0 Å². The van der Waals surface area contributed by atoms with E-state index in [4.69, 9.17) is 16.9 Å². The van der Waals surface area contributed by atoms with Crippen molar-refractivity contribution in [2.45, 2.75) is 50.4 Å².